The van der Waals surface area contributed by atoms with E-state index >= 15 is 0 Å². The van der Waals surface area contributed by atoms with Crippen molar-refractivity contribution in [3.8, 4) is 11.5 Å². The van der Waals surface area contributed by atoms with Crippen LogP contribution in [0.5, 0.6) is 11.5 Å². The van der Waals surface area contributed by atoms with Gasteiger partial charge in [0.25, 0.3) is 0 Å². The molecule has 2 heterocycles. The Hall–Kier alpha value is -3.83. The summed E-state index contributed by atoms with van der Waals surface area (Å²) < 4.78 is 11.1. The zero-order valence-corrected chi connectivity index (χ0v) is 21.6. The molecule has 2 aliphatic rings. The highest BCUT2D eigenvalue weighted by atomic mass is 16.5. The molecule has 37 heavy (non-hydrogen) atoms. The van der Waals surface area contributed by atoms with Gasteiger partial charge in [-0.05, 0) is 71.1 Å². The van der Waals surface area contributed by atoms with Gasteiger partial charge in [0.2, 0.25) is 0 Å². The molecule has 5 nitrogen and oxygen atoms in total. The molecule has 1 fully saturated rings. The summed E-state index contributed by atoms with van der Waals surface area (Å²) in [5.74, 6) is 1.73. The van der Waals surface area contributed by atoms with Crippen molar-refractivity contribution in [2.75, 3.05) is 27.3 Å². The summed E-state index contributed by atoms with van der Waals surface area (Å²) in [5, 5.41) is 10.2. The quantitative estimate of drug-likeness (QED) is 0.327. The Morgan fingerprint density at radius 1 is 0.784 bits per heavy atom. The van der Waals surface area contributed by atoms with Gasteiger partial charge in [0.05, 0.1) is 26.5 Å². The van der Waals surface area contributed by atoms with Gasteiger partial charge in [-0.25, -0.2) is 0 Å². The van der Waals surface area contributed by atoms with Crippen LogP contribution < -0.4 is 9.47 Å². The number of benzene rings is 4. The monoisotopic (exact) mass is 491 g/mol. The number of hydrogen-bond acceptors (Lipinski definition) is 5. The third-order valence-electron chi connectivity index (χ3n) is 7.67. The molecule has 5 heteroatoms. The van der Waals surface area contributed by atoms with Crippen LogP contribution in [0.25, 0.3) is 10.8 Å². The lowest BCUT2D eigenvalue weighted by atomic mass is 9.94. The van der Waals surface area contributed by atoms with Crippen LogP contribution in [0.3, 0.4) is 0 Å². The molecular weight excluding hydrogens is 458 g/mol. The largest absolute Gasteiger partial charge is 0.497 e. The van der Waals surface area contributed by atoms with E-state index in [9.17, 15) is 0 Å². The second kappa shape index (κ2) is 10.3. The highest BCUT2D eigenvalue weighted by Gasteiger charge is 2.29. The molecule has 0 aromatic heterocycles. The summed E-state index contributed by atoms with van der Waals surface area (Å²) in [6.07, 6.45) is 2.20. The molecule has 0 radical (unpaired) electrons. The number of hydrogen-bond donors (Lipinski definition) is 0. The predicted octanol–water partition coefficient (Wildman–Crippen LogP) is 6.09. The normalized spacial score (nSPS) is 16.4. The average molecular weight is 492 g/mol. The second-order valence-corrected chi connectivity index (χ2v) is 9.99. The van der Waals surface area contributed by atoms with E-state index < -0.39 is 0 Å². The molecule has 1 saturated heterocycles. The molecule has 0 spiro atoms. The van der Waals surface area contributed by atoms with Crippen molar-refractivity contribution in [1.82, 2.24) is 9.91 Å². The first-order valence-corrected chi connectivity index (χ1v) is 13.1. The zero-order chi connectivity index (χ0) is 25.2. The highest BCUT2D eigenvalue weighted by Crippen LogP contribution is 2.31. The SMILES string of the molecule is COc1cccc(C2=NN(C3CCN(Cc4ccc5ccccc5c4)CC3)Cc3cc(OC)ccc32)c1. The molecular formula is C32H33N3O2. The molecule has 0 saturated carbocycles. The summed E-state index contributed by atoms with van der Waals surface area (Å²) in [6.45, 7) is 3.94. The fourth-order valence-corrected chi connectivity index (χ4v) is 5.62. The van der Waals surface area contributed by atoms with E-state index in [2.05, 4.69) is 76.6 Å². The van der Waals surface area contributed by atoms with E-state index in [0.717, 1.165) is 61.8 Å². The predicted molar refractivity (Wildman–Crippen MR) is 149 cm³/mol. The van der Waals surface area contributed by atoms with E-state index in [4.69, 9.17) is 14.6 Å². The number of fused-ring (bicyclic) bond motifs is 2. The van der Waals surface area contributed by atoms with Gasteiger partial charge < -0.3 is 9.47 Å². The van der Waals surface area contributed by atoms with Gasteiger partial charge in [-0.2, -0.15) is 5.10 Å². The Kier molecular flexibility index (Phi) is 6.54. The molecule has 188 valence electrons. The lowest BCUT2D eigenvalue weighted by Crippen LogP contribution is -2.44. The lowest BCUT2D eigenvalue weighted by Gasteiger charge is -2.39. The van der Waals surface area contributed by atoms with E-state index in [1.807, 2.05) is 18.2 Å². The molecule has 0 aliphatic carbocycles. The topological polar surface area (TPSA) is 37.3 Å². The van der Waals surface area contributed by atoms with Gasteiger partial charge in [0, 0.05) is 36.8 Å². The number of nitrogens with zero attached hydrogens (tertiary/aromatic N) is 3. The van der Waals surface area contributed by atoms with Crippen molar-refractivity contribution >= 4 is 16.5 Å². The maximum atomic E-state index is 5.55. The maximum Gasteiger partial charge on any atom is 0.119 e. The smallest absolute Gasteiger partial charge is 0.119 e. The van der Waals surface area contributed by atoms with Gasteiger partial charge in [-0.15, -0.1) is 0 Å². The number of piperidine rings is 1. The first kappa shape index (κ1) is 23.6. The van der Waals surface area contributed by atoms with Crippen molar-refractivity contribution in [3.05, 3.63) is 107 Å². The van der Waals surface area contributed by atoms with Crippen LogP contribution in [0.1, 0.15) is 35.1 Å². The summed E-state index contributed by atoms with van der Waals surface area (Å²) in [7, 11) is 3.43. The molecule has 0 unspecified atom stereocenters. The van der Waals surface area contributed by atoms with Crippen LogP contribution >= 0.6 is 0 Å². The minimum Gasteiger partial charge on any atom is -0.497 e. The zero-order valence-electron chi connectivity index (χ0n) is 21.6. The Morgan fingerprint density at radius 3 is 2.38 bits per heavy atom. The molecule has 6 rings (SSSR count). The Labute approximate surface area is 218 Å². The van der Waals surface area contributed by atoms with Crippen LogP contribution in [-0.4, -0.2) is 49.0 Å². The van der Waals surface area contributed by atoms with Gasteiger partial charge in [0.1, 0.15) is 11.5 Å². The van der Waals surface area contributed by atoms with Gasteiger partial charge >= 0.3 is 0 Å². The van der Waals surface area contributed by atoms with Crippen molar-refractivity contribution in [2.24, 2.45) is 5.10 Å². The van der Waals surface area contributed by atoms with Crippen LogP contribution in [-0.2, 0) is 13.1 Å². The van der Waals surface area contributed by atoms with Crippen LogP contribution in [0.2, 0.25) is 0 Å². The second-order valence-electron chi connectivity index (χ2n) is 9.99. The van der Waals surface area contributed by atoms with E-state index in [1.165, 1.54) is 27.5 Å². The van der Waals surface area contributed by atoms with Crippen molar-refractivity contribution < 1.29 is 9.47 Å². The first-order chi connectivity index (χ1) is 18.2. The van der Waals surface area contributed by atoms with Gasteiger partial charge in [0.15, 0.2) is 0 Å². The Bertz CT molecular complexity index is 1440. The first-order valence-electron chi connectivity index (χ1n) is 13.1. The maximum absolute atomic E-state index is 5.55. The summed E-state index contributed by atoms with van der Waals surface area (Å²) in [5.41, 5.74) is 5.88. The van der Waals surface area contributed by atoms with Crippen LogP contribution in [0, 0.1) is 0 Å². The summed E-state index contributed by atoms with van der Waals surface area (Å²) in [4.78, 5) is 2.58. The Morgan fingerprint density at radius 2 is 1.57 bits per heavy atom. The average Bonchev–Trinajstić information content (AvgIpc) is 2.96. The number of hydrazone groups is 1. The minimum absolute atomic E-state index is 0.410. The third-order valence-corrected chi connectivity index (χ3v) is 7.67. The molecule has 4 aromatic carbocycles. The van der Waals surface area contributed by atoms with Crippen molar-refractivity contribution in [1.29, 1.82) is 0 Å². The number of rotatable bonds is 6. The fraction of sp³-hybridized carbons (Fsp3) is 0.281. The molecule has 0 N–H and O–H groups in total. The third kappa shape index (κ3) is 4.92. The summed E-state index contributed by atoms with van der Waals surface area (Å²) in [6, 6.07) is 30.4. The van der Waals surface area contributed by atoms with E-state index in [1.54, 1.807) is 14.2 Å². The molecule has 4 aromatic rings. The van der Waals surface area contributed by atoms with Gasteiger partial charge in [-0.1, -0.05) is 48.5 Å². The van der Waals surface area contributed by atoms with Crippen LogP contribution in [0.15, 0.2) is 90.0 Å². The number of ether oxygens (including phenoxy) is 2. The minimum atomic E-state index is 0.410. The van der Waals surface area contributed by atoms with Crippen molar-refractivity contribution in [3.63, 3.8) is 0 Å². The molecule has 0 bridgehead atoms. The van der Waals surface area contributed by atoms with Gasteiger partial charge in [-0.3, -0.25) is 9.91 Å². The highest BCUT2D eigenvalue weighted by molar-refractivity contribution is 6.14. The number of methoxy groups -OCH3 is 2. The summed E-state index contributed by atoms with van der Waals surface area (Å²) >= 11 is 0. The fourth-order valence-electron chi connectivity index (χ4n) is 5.62. The number of likely N-dealkylation sites (tertiary alicyclic amines) is 1. The van der Waals surface area contributed by atoms with E-state index in [-0.39, 0.29) is 0 Å². The molecule has 0 amide bonds. The Balaban J connectivity index is 1.20. The standard InChI is InChI=1S/C32H33N3O2/c1-36-29-9-5-8-26(19-29)32-31-13-12-30(37-2)20-27(31)22-35(33-32)28-14-16-34(17-15-28)21-23-10-11-24-6-3-4-7-25(24)18-23/h3-13,18-20,28H,14-17,21-22H2,1-2H3. The van der Waals surface area contributed by atoms with Crippen molar-refractivity contribution in [2.45, 2.75) is 32.0 Å². The molecule has 2 aliphatic heterocycles. The lowest BCUT2D eigenvalue weighted by molar-refractivity contribution is 0.100. The molecule has 0 atom stereocenters. The van der Waals surface area contributed by atoms with Crippen LogP contribution in [0.4, 0.5) is 0 Å². The van der Waals surface area contributed by atoms with E-state index in [0.29, 0.717) is 6.04 Å².